The van der Waals surface area contributed by atoms with E-state index in [-0.39, 0.29) is 0 Å². The maximum Gasteiger partial charge on any atom is 0.0992 e. The predicted octanol–water partition coefficient (Wildman–Crippen LogP) is 8.04. The average Bonchev–Trinajstić information content (AvgIpc) is 3.01. The Kier molecular flexibility index (Phi) is 5.91. The van der Waals surface area contributed by atoms with Crippen LogP contribution in [0, 0.1) is 22.7 Å². The lowest BCUT2D eigenvalue weighted by molar-refractivity contribution is 1.31. The number of pyridine rings is 2. The number of hydrogen-bond acceptors (Lipinski definition) is 4. The Hall–Kier alpha value is -5.58. The fraction of sp³-hybridized carbons (Fsp3) is 0. The number of rotatable bonds is 4. The Morgan fingerprint density at radius 2 is 0.763 bits per heavy atom. The van der Waals surface area contributed by atoms with E-state index in [1.54, 1.807) is 36.7 Å². The summed E-state index contributed by atoms with van der Waals surface area (Å²) in [7, 11) is 0. The zero-order valence-corrected chi connectivity index (χ0v) is 20.3. The van der Waals surface area contributed by atoms with E-state index in [0.717, 1.165) is 44.8 Å². The second-order valence-corrected chi connectivity index (χ2v) is 9.01. The molecule has 0 bridgehead atoms. The van der Waals surface area contributed by atoms with E-state index in [9.17, 15) is 0 Å². The van der Waals surface area contributed by atoms with Gasteiger partial charge in [-0.25, -0.2) is 0 Å². The van der Waals surface area contributed by atoms with Crippen molar-refractivity contribution in [2.75, 3.05) is 0 Å². The highest BCUT2D eigenvalue weighted by Crippen LogP contribution is 2.31. The van der Waals surface area contributed by atoms with Gasteiger partial charge in [0.05, 0.1) is 34.7 Å². The summed E-state index contributed by atoms with van der Waals surface area (Å²) in [5, 5.41) is 20.7. The lowest BCUT2D eigenvalue weighted by Gasteiger charge is -2.09. The maximum atomic E-state index is 9.15. The monoisotopic (exact) mass is 484 g/mol. The third-order valence-corrected chi connectivity index (χ3v) is 6.65. The summed E-state index contributed by atoms with van der Waals surface area (Å²) in [6.45, 7) is 0. The van der Waals surface area contributed by atoms with Crippen LogP contribution in [0.3, 0.4) is 0 Å². The van der Waals surface area contributed by atoms with Gasteiger partial charge in [0.15, 0.2) is 0 Å². The van der Waals surface area contributed by atoms with Crippen LogP contribution in [0.5, 0.6) is 0 Å². The molecular formula is C34H20N4. The molecule has 4 heteroatoms. The minimum Gasteiger partial charge on any atom is -0.256 e. The van der Waals surface area contributed by atoms with Crippen LogP contribution >= 0.6 is 0 Å². The normalized spacial score (nSPS) is 10.6. The van der Waals surface area contributed by atoms with E-state index in [1.165, 1.54) is 10.8 Å². The molecule has 0 atom stereocenters. The van der Waals surface area contributed by atoms with Crippen LogP contribution in [-0.4, -0.2) is 9.97 Å². The number of nitriles is 2. The highest BCUT2D eigenvalue weighted by atomic mass is 14.7. The number of aromatic nitrogens is 2. The van der Waals surface area contributed by atoms with E-state index >= 15 is 0 Å². The van der Waals surface area contributed by atoms with Crippen molar-refractivity contribution in [2.24, 2.45) is 0 Å². The average molecular weight is 485 g/mol. The van der Waals surface area contributed by atoms with Gasteiger partial charge in [0.25, 0.3) is 0 Å². The van der Waals surface area contributed by atoms with Crippen LogP contribution in [0.1, 0.15) is 11.1 Å². The maximum absolute atomic E-state index is 9.15. The molecule has 0 fully saturated rings. The quantitative estimate of drug-likeness (QED) is 0.254. The van der Waals surface area contributed by atoms with Gasteiger partial charge in [0.1, 0.15) is 0 Å². The molecule has 0 aliphatic heterocycles. The van der Waals surface area contributed by atoms with Gasteiger partial charge in [0.2, 0.25) is 0 Å². The van der Waals surface area contributed by atoms with Crippen molar-refractivity contribution in [3.63, 3.8) is 0 Å². The van der Waals surface area contributed by atoms with Gasteiger partial charge in [0, 0.05) is 23.5 Å². The molecule has 0 N–H and O–H groups in total. The Morgan fingerprint density at radius 1 is 0.395 bits per heavy atom. The molecule has 0 radical (unpaired) electrons. The lowest BCUT2D eigenvalue weighted by Crippen LogP contribution is -1.86. The van der Waals surface area contributed by atoms with Crippen molar-refractivity contribution in [1.82, 2.24) is 9.97 Å². The van der Waals surface area contributed by atoms with Crippen LogP contribution in [0.2, 0.25) is 0 Å². The fourth-order valence-corrected chi connectivity index (χ4v) is 4.59. The predicted molar refractivity (Wildman–Crippen MR) is 151 cm³/mol. The topological polar surface area (TPSA) is 73.4 Å². The minimum atomic E-state index is 0.603. The first kappa shape index (κ1) is 22.9. The third kappa shape index (κ3) is 4.51. The van der Waals surface area contributed by atoms with Gasteiger partial charge in [-0.15, -0.1) is 0 Å². The molecule has 6 rings (SSSR count). The number of hydrogen-bond donors (Lipinski definition) is 0. The van der Waals surface area contributed by atoms with Crippen molar-refractivity contribution in [2.45, 2.75) is 0 Å². The lowest BCUT2D eigenvalue weighted by atomic mass is 9.96. The van der Waals surface area contributed by atoms with Crippen LogP contribution in [0.25, 0.3) is 55.5 Å². The van der Waals surface area contributed by atoms with Gasteiger partial charge >= 0.3 is 0 Å². The highest BCUT2D eigenvalue weighted by molar-refractivity contribution is 5.91. The molecule has 4 nitrogen and oxygen atoms in total. The Labute approximate surface area is 220 Å². The molecule has 176 valence electrons. The summed E-state index contributed by atoms with van der Waals surface area (Å²) >= 11 is 0. The summed E-state index contributed by atoms with van der Waals surface area (Å²) in [5.41, 5.74) is 9.30. The largest absolute Gasteiger partial charge is 0.256 e. The van der Waals surface area contributed by atoms with Crippen molar-refractivity contribution >= 4 is 10.8 Å². The van der Waals surface area contributed by atoms with Gasteiger partial charge in [-0.05, 0) is 69.4 Å². The molecule has 6 aromatic rings. The Balaban J connectivity index is 1.25. The van der Waals surface area contributed by atoms with Gasteiger partial charge in [-0.2, -0.15) is 10.5 Å². The van der Waals surface area contributed by atoms with Gasteiger partial charge in [-0.3, -0.25) is 9.97 Å². The molecule has 0 saturated heterocycles. The van der Waals surface area contributed by atoms with E-state index in [0.29, 0.717) is 11.1 Å². The fourth-order valence-electron chi connectivity index (χ4n) is 4.59. The highest BCUT2D eigenvalue weighted by Gasteiger charge is 2.06. The minimum absolute atomic E-state index is 0.603. The summed E-state index contributed by atoms with van der Waals surface area (Å²) < 4.78 is 0. The van der Waals surface area contributed by atoms with Crippen LogP contribution in [0.4, 0.5) is 0 Å². The molecule has 0 amide bonds. The second kappa shape index (κ2) is 9.82. The number of nitrogens with zero attached hydrogens (tertiary/aromatic N) is 4. The molecule has 0 spiro atoms. The standard InChI is InChI=1S/C34H20N4/c35-21-23-13-15-37-33(17-23)27-5-1-25(2-6-27)29-9-11-32-20-30(10-12-31(32)19-29)26-3-7-28(8-4-26)34-18-24(22-36)14-16-38-34/h1-20H. The summed E-state index contributed by atoms with van der Waals surface area (Å²) in [6.07, 6.45) is 3.33. The second-order valence-electron chi connectivity index (χ2n) is 9.01. The Morgan fingerprint density at radius 3 is 1.16 bits per heavy atom. The van der Waals surface area contributed by atoms with Crippen LogP contribution in [-0.2, 0) is 0 Å². The first-order valence-electron chi connectivity index (χ1n) is 12.2. The molecule has 4 aromatic carbocycles. The van der Waals surface area contributed by atoms with Gasteiger partial charge < -0.3 is 0 Å². The zero-order chi connectivity index (χ0) is 25.9. The first-order valence-corrected chi connectivity index (χ1v) is 12.2. The third-order valence-electron chi connectivity index (χ3n) is 6.65. The molecule has 0 unspecified atom stereocenters. The molecule has 0 saturated carbocycles. The first-order chi connectivity index (χ1) is 18.7. The van der Waals surface area contributed by atoms with E-state index < -0.39 is 0 Å². The van der Waals surface area contributed by atoms with Crippen molar-refractivity contribution in [3.05, 3.63) is 133 Å². The molecule has 0 aliphatic carbocycles. The van der Waals surface area contributed by atoms with Crippen molar-refractivity contribution < 1.29 is 0 Å². The molecule has 2 heterocycles. The van der Waals surface area contributed by atoms with Crippen LogP contribution < -0.4 is 0 Å². The van der Waals surface area contributed by atoms with Gasteiger partial charge in [-0.1, -0.05) is 72.8 Å². The van der Waals surface area contributed by atoms with E-state index in [2.05, 4.69) is 82.8 Å². The molecule has 2 aromatic heterocycles. The SMILES string of the molecule is N#Cc1ccnc(-c2ccc(-c3ccc4cc(-c5ccc(-c6cc(C#N)ccn6)cc5)ccc4c3)cc2)c1. The summed E-state index contributed by atoms with van der Waals surface area (Å²) in [6, 6.07) is 40.9. The van der Waals surface area contributed by atoms with Crippen LogP contribution in [0.15, 0.2) is 122 Å². The smallest absolute Gasteiger partial charge is 0.0992 e. The molecule has 38 heavy (non-hydrogen) atoms. The summed E-state index contributed by atoms with van der Waals surface area (Å²) in [5.74, 6) is 0. The zero-order valence-electron chi connectivity index (χ0n) is 20.3. The van der Waals surface area contributed by atoms with E-state index in [1.807, 2.05) is 24.3 Å². The van der Waals surface area contributed by atoms with Crippen molar-refractivity contribution in [3.8, 4) is 56.9 Å². The number of benzene rings is 4. The molecule has 0 aliphatic rings. The number of fused-ring (bicyclic) bond motifs is 1. The molecular weight excluding hydrogens is 464 g/mol. The van der Waals surface area contributed by atoms with E-state index in [4.69, 9.17) is 10.5 Å². The summed E-state index contributed by atoms with van der Waals surface area (Å²) in [4.78, 5) is 8.79. The Bertz CT molecular complexity index is 1730. The van der Waals surface area contributed by atoms with Crippen molar-refractivity contribution in [1.29, 1.82) is 10.5 Å².